The van der Waals surface area contributed by atoms with E-state index in [0.717, 1.165) is 49.3 Å². The lowest BCUT2D eigenvalue weighted by Crippen LogP contribution is -2.50. The molecule has 9 nitrogen and oxygen atoms in total. The highest BCUT2D eigenvalue weighted by Gasteiger charge is 2.21. The van der Waals surface area contributed by atoms with Gasteiger partial charge in [0, 0.05) is 38.3 Å². The zero-order chi connectivity index (χ0) is 22.0. The number of nitrogens with two attached hydrogens (primary N) is 1. The summed E-state index contributed by atoms with van der Waals surface area (Å²) >= 11 is 0. The highest BCUT2D eigenvalue weighted by atomic mass is 16.5. The Bertz CT molecular complexity index is 1060. The summed E-state index contributed by atoms with van der Waals surface area (Å²) in [6.45, 7) is 4.30. The molecule has 164 valence electrons. The summed E-state index contributed by atoms with van der Waals surface area (Å²) in [5, 5.41) is 2.25. The summed E-state index contributed by atoms with van der Waals surface area (Å²) in [6.07, 6.45) is 1.80. The van der Waals surface area contributed by atoms with Crippen LogP contribution >= 0.6 is 0 Å². The third kappa shape index (κ3) is 4.09. The van der Waals surface area contributed by atoms with Crippen LogP contribution in [0.5, 0.6) is 17.2 Å². The summed E-state index contributed by atoms with van der Waals surface area (Å²) < 4.78 is 18.4. The quantitative estimate of drug-likeness (QED) is 0.615. The molecule has 1 saturated heterocycles. The van der Waals surface area contributed by atoms with E-state index in [1.54, 1.807) is 39.8 Å². The first-order chi connectivity index (χ1) is 15.0. The average molecular weight is 425 g/mol. The van der Waals surface area contributed by atoms with Crippen LogP contribution in [0.4, 0.5) is 0 Å². The summed E-state index contributed by atoms with van der Waals surface area (Å²) in [4.78, 5) is 18.2. The van der Waals surface area contributed by atoms with E-state index in [1.165, 1.54) is 0 Å². The Balaban J connectivity index is 1.45. The molecule has 0 unspecified atom stereocenters. The largest absolute Gasteiger partial charge is 0.493 e. The van der Waals surface area contributed by atoms with E-state index in [4.69, 9.17) is 19.9 Å². The van der Waals surface area contributed by atoms with Crippen molar-refractivity contribution in [2.45, 2.75) is 6.54 Å². The van der Waals surface area contributed by atoms with E-state index in [9.17, 15) is 4.79 Å². The minimum Gasteiger partial charge on any atom is -0.493 e. The topological polar surface area (TPSA) is 95.1 Å². The first kappa shape index (κ1) is 20.8. The Morgan fingerprint density at radius 2 is 1.68 bits per heavy atom. The van der Waals surface area contributed by atoms with Crippen LogP contribution < -0.4 is 25.0 Å². The fraction of sp³-hybridized carbons (Fsp3) is 0.364. The monoisotopic (exact) mass is 425 g/mol. The molecule has 0 atom stereocenters. The number of amides is 1. The molecule has 1 aliphatic rings. The number of primary amides is 1. The molecular weight excluding hydrogens is 398 g/mol. The number of methoxy groups -OCH3 is 3. The van der Waals surface area contributed by atoms with Crippen molar-refractivity contribution in [3.05, 3.63) is 47.8 Å². The molecule has 1 aliphatic heterocycles. The second-order valence-electron chi connectivity index (χ2n) is 7.42. The van der Waals surface area contributed by atoms with Crippen LogP contribution in [0, 0.1) is 0 Å². The first-order valence-electron chi connectivity index (χ1n) is 10.1. The van der Waals surface area contributed by atoms with Crippen LogP contribution in [-0.4, -0.2) is 68.0 Å². The van der Waals surface area contributed by atoms with Crippen molar-refractivity contribution in [2.75, 3.05) is 52.5 Å². The minimum absolute atomic E-state index is 0.447. The number of aromatic nitrogens is 2. The van der Waals surface area contributed by atoms with Crippen molar-refractivity contribution in [3.8, 4) is 17.2 Å². The minimum atomic E-state index is -0.447. The van der Waals surface area contributed by atoms with Gasteiger partial charge in [0.2, 0.25) is 11.7 Å². The molecule has 2 heterocycles. The van der Waals surface area contributed by atoms with Gasteiger partial charge in [-0.15, -0.1) is 0 Å². The molecule has 1 fully saturated rings. The lowest BCUT2D eigenvalue weighted by Gasteiger charge is -2.36. The van der Waals surface area contributed by atoms with Crippen molar-refractivity contribution in [3.63, 3.8) is 0 Å². The van der Waals surface area contributed by atoms with Gasteiger partial charge in [0.25, 0.3) is 0 Å². The number of imidazole rings is 1. The van der Waals surface area contributed by atoms with Crippen molar-refractivity contribution < 1.29 is 19.0 Å². The van der Waals surface area contributed by atoms with Crippen LogP contribution in [0.25, 0.3) is 11.0 Å². The molecule has 0 saturated carbocycles. The summed E-state index contributed by atoms with van der Waals surface area (Å²) in [6, 6.07) is 9.35. The molecular formula is C22H27N5O4. The van der Waals surface area contributed by atoms with Crippen LogP contribution in [0.2, 0.25) is 0 Å². The SMILES string of the molecule is COc1cc(CN2CCN(n3cnc4cc(C(N)=O)ccc43)CC2)cc(OC)c1OC. The lowest BCUT2D eigenvalue weighted by molar-refractivity contribution is 0.100. The Hall–Kier alpha value is -3.46. The molecule has 2 N–H and O–H groups in total. The number of piperazine rings is 1. The highest BCUT2D eigenvalue weighted by Crippen LogP contribution is 2.38. The van der Waals surface area contributed by atoms with Gasteiger partial charge in [-0.25, -0.2) is 9.66 Å². The number of ether oxygens (including phenoxy) is 3. The molecule has 0 bridgehead atoms. The fourth-order valence-electron chi connectivity index (χ4n) is 3.97. The zero-order valence-electron chi connectivity index (χ0n) is 18.0. The standard InChI is InChI=1S/C22H27N5O4/c1-29-19-10-15(11-20(30-2)21(19)31-3)13-25-6-8-26(9-7-25)27-14-24-17-12-16(22(23)28)4-5-18(17)27/h4-5,10-12,14H,6-9,13H2,1-3H3,(H2,23,28). The number of carbonyl (C=O) groups is 1. The molecule has 1 amide bonds. The van der Waals surface area contributed by atoms with Gasteiger partial charge in [-0.1, -0.05) is 0 Å². The molecule has 3 aromatic rings. The maximum atomic E-state index is 11.4. The maximum Gasteiger partial charge on any atom is 0.248 e. The van der Waals surface area contributed by atoms with Gasteiger partial charge >= 0.3 is 0 Å². The summed E-state index contributed by atoms with van der Waals surface area (Å²) in [5.41, 5.74) is 8.67. The molecule has 0 aliphatic carbocycles. The normalized spacial score (nSPS) is 14.6. The van der Waals surface area contributed by atoms with Crippen molar-refractivity contribution in [1.29, 1.82) is 0 Å². The molecule has 0 spiro atoms. The third-order valence-electron chi connectivity index (χ3n) is 5.60. The molecule has 2 aromatic carbocycles. The average Bonchev–Trinajstić information content (AvgIpc) is 3.22. The third-order valence-corrected chi connectivity index (χ3v) is 5.60. The Morgan fingerprint density at radius 3 is 2.26 bits per heavy atom. The van der Waals surface area contributed by atoms with Crippen molar-refractivity contribution >= 4 is 16.9 Å². The molecule has 0 radical (unpaired) electrons. The fourth-order valence-corrected chi connectivity index (χ4v) is 3.97. The molecule has 4 rings (SSSR count). The number of rotatable bonds is 7. The van der Waals surface area contributed by atoms with Gasteiger partial charge in [0.15, 0.2) is 11.5 Å². The predicted octanol–water partition coefficient (Wildman–Crippen LogP) is 1.61. The Kier molecular flexibility index (Phi) is 5.85. The van der Waals surface area contributed by atoms with Crippen LogP contribution in [0.3, 0.4) is 0 Å². The number of hydrogen-bond acceptors (Lipinski definition) is 7. The predicted molar refractivity (Wildman–Crippen MR) is 118 cm³/mol. The van der Waals surface area contributed by atoms with E-state index in [2.05, 4.69) is 19.6 Å². The van der Waals surface area contributed by atoms with Gasteiger partial charge in [-0.05, 0) is 35.9 Å². The highest BCUT2D eigenvalue weighted by molar-refractivity contribution is 5.96. The number of benzene rings is 2. The van der Waals surface area contributed by atoms with Crippen molar-refractivity contribution in [1.82, 2.24) is 14.6 Å². The molecule has 1 aromatic heterocycles. The second-order valence-corrected chi connectivity index (χ2v) is 7.42. The van der Waals surface area contributed by atoms with Crippen molar-refractivity contribution in [2.24, 2.45) is 5.73 Å². The number of fused-ring (bicyclic) bond motifs is 1. The smallest absolute Gasteiger partial charge is 0.248 e. The van der Waals surface area contributed by atoms with Crippen LogP contribution in [0.15, 0.2) is 36.7 Å². The number of nitrogens with zero attached hydrogens (tertiary/aromatic N) is 4. The maximum absolute atomic E-state index is 11.4. The lowest BCUT2D eigenvalue weighted by atomic mass is 10.1. The summed E-state index contributed by atoms with van der Waals surface area (Å²) in [7, 11) is 4.86. The Labute approximate surface area is 180 Å². The second kappa shape index (κ2) is 8.73. The van der Waals surface area contributed by atoms with E-state index in [0.29, 0.717) is 22.8 Å². The Morgan fingerprint density at radius 1 is 1.00 bits per heavy atom. The molecule has 9 heteroatoms. The molecule has 31 heavy (non-hydrogen) atoms. The van der Waals surface area contributed by atoms with Gasteiger partial charge in [-0.3, -0.25) is 9.69 Å². The first-order valence-corrected chi connectivity index (χ1v) is 10.1. The van der Waals surface area contributed by atoms with Gasteiger partial charge in [0.1, 0.15) is 6.33 Å². The number of carbonyl (C=O) groups excluding carboxylic acids is 1. The zero-order valence-corrected chi connectivity index (χ0v) is 18.0. The summed E-state index contributed by atoms with van der Waals surface area (Å²) in [5.74, 6) is 1.48. The van der Waals surface area contributed by atoms with Gasteiger partial charge in [-0.2, -0.15) is 0 Å². The van der Waals surface area contributed by atoms with Crippen LogP contribution in [-0.2, 0) is 6.54 Å². The van der Waals surface area contributed by atoms with E-state index < -0.39 is 5.91 Å². The van der Waals surface area contributed by atoms with Gasteiger partial charge < -0.3 is 25.0 Å². The van der Waals surface area contributed by atoms with E-state index in [-0.39, 0.29) is 0 Å². The van der Waals surface area contributed by atoms with Crippen LogP contribution in [0.1, 0.15) is 15.9 Å². The van der Waals surface area contributed by atoms with Gasteiger partial charge in [0.05, 0.1) is 32.4 Å². The number of hydrogen-bond donors (Lipinski definition) is 1. The van der Waals surface area contributed by atoms with E-state index >= 15 is 0 Å². The van der Waals surface area contributed by atoms with E-state index in [1.807, 2.05) is 18.2 Å².